The summed E-state index contributed by atoms with van der Waals surface area (Å²) in [5.74, 6) is 2.48. The van der Waals surface area contributed by atoms with E-state index >= 15 is 0 Å². The summed E-state index contributed by atoms with van der Waals surface area (Å²) in [6.07, 6.45) is 6.72. The van der Waals surface area contributed by atoms with Crippen molar-refractivity contribution in [3.05, 3.63) is 29.3 Å². The minimum Gasteiger partial charge on any atom is -0.493 e. The molecule has 1 aromatic carbocycles. The van der Waals surface area contributed by atoms with Crippen molar-refractivity contribution in [1.29, 1.82) is 0 Å². The van der Waals surface area contributed by atoms with Gasteiger partial charge in [-0.1, -0.05) is 31.4 Å². The molecule has 1 saturated carbocycles. The highest BCUT2D eigenvalue weighted by molar-refractivity contribution is 5.80. The molecule has 1 aliphatic heterocycles. The number of nitrogens with one attached hydrogen (secondary N) is 3. The van der Waals surface area contributed by atoms with Crippen LogP contribution in [0.3, 0.4) is 0 Å². The topological polar surface area (TPSA) is 84.0 Å². The summed E-state index contributed by atoms with van der Waals surface area (Å²) in [5, 5.41) is 9.67. The molecule has 3 N–H and O–H groups in total. The maximum absolute atomic E-state index is 12.2. The number of ether oxygens (including phenoxy) is 2. The predicted octanol–water partition coefficient (Wildman–Crippen LogP) is 2.77. The second-order valence-corrected chi connectivity index (χ2v) is 8.63. The molecule has 1 amide bonds. The van der Waals surface area contributed by atoms with Crippen LogP contribution in [0.15, 0.2) is 23.2 Å². The normalized spacial score (nSPS) is 19.8. The summed E-state index contributed by atoms with van der Waals surface area (Å²) in [4.78, 5) is 16.5. The Kier molecular flexibility index (Phi) is 9.46. The first-order valence-electron chi connectivity index (χ1n) is 11.7. The Bertz CT molecular complexity index is 726. The van der Waals surface area contributed by atoms with Crippen molar-refractivity contribution < 1.29 is 14.3 Å². The molecule has 3 rings (SSSR count). The molecular weight excluding hydrogens is 392 g/mol. The van der Waals surface area contributed by atoms with Gasteiger partial charge in [0.2, 0.25) is 5.91 Å². The van der Waals surface area contributed by atoms with Gasteiger partial charge < -0.3 is 25.4 Å². The average molecular weight is 431 g/mol. The van der Waals surface area contributed by atoms with Crippen molar-refractivity contribution in [3.63, 3.8) is 0 Å². The summed E-state index contributed by atoms with van der Waals surface area (Å²) >= 11 is 0. The quantitative estimate of drug-likeness (QED) is 0.319. The zero-order valence-corrected chi connectivity index (χ0v) is 19.0. The number of hydrogen-bond donors (Lipinski definition) is 3. The Morgan fingerprint density at radius 1 is 1.13 bits per heavy atom. The van der Waals surface area contributed by atoms with Gasteiger partial charge in [0, 0.05) is 50.7 Å². The Labute approximate surface area is 186 Å². The van der Waals surface area contributed by atoms with Crippen LogP contribution in [0.2, 0.25) is 0 Å². The zero-order valence-electron chi connectivity index (χ0n) is 19.0. The zero-order chi connectivity index (χ0) is 21.9. The van der Waals surface area contributed by atoms with E-state index in [0.717, 1.165) is 43.8 Å². The Balaban J connectivity index is 1.40. The Morgan fingerprint density at radius 3 is 2.68 bits per heavy atom. The molecule has 7 heteroatoms. The van der Waals surface area contributed by atoms with Crippen LogP contribution in [0.4, 0.5) is 0 Å². The molecule has 31 heavy (non-hydrogen) atoms. The predicted molar refractivity (Wildman–Crippen MR) is 123 cm³/mol. The fourth-order valence-electron chi connectivity index (χ4n) is 4.14. The van der Waals surface area contributed by atoms with Crippen molar-refractivity contribution in [2.75, 3.05) is 40.0 Å². The third-order valence-electron chi connectivity index (χ3n) is 6.08. The molecule has 1 heterocycles. The number of aryl methyl sites for hydroxylation is 1. The smallest absolute Gasteiger partial charge is 0.223 e. The van der Waals surface area contributed by atoms with Gasteiger partial charge in [-0.15, -0.1) is 0 Å². The van der Waals surface area contributed by atoms with E-state index in [2.05, 4.69) is 46.1 Å². The molecule has 1 unspecified atom stereocenters. The van der Waals surface area contributed by atoms with E-state index in [1.165, 1.54) is 24.8 Å². The van der Waals surface area contributed by atoms with Crippen molar-refractivity contribution in [2.45, 2.75) is 52.0 Å². The lowest BCUT2D eigenvalue weighted by Gasteiger charge is -2.21. The van der Waals surface area contributed by atoms with E-state index < -0.39 is 0 Å². The molecule has 2 aliphatic rings. The van der Waals surface area contributed by atoms with Crippen LogP contribution in [-0.2, 0) is 16.1 Å². The number of aliphatic imine (C=N–C) groups is 1. The molecule has 0 bridgehead atoms. The van der Waals surface area contributed by atoms with Gasteiger partial charge >= 0.3 is 0 Å². The molecule has 0 radical (unpaired) electrons. The number of hydrogen-bond acceptors (Lipinski definition) is 4. The molecule has 1 aliphatic carbocycles. The van der Waals surface area contributed by atoms with Crippen LogP contribution in [0.25, 0.3) is 0 Å². The molecule has 172 valence electrons. The summed E-state index contributed by atoms with van der Waals surface area (Å²) in [6, 6.07) is 6.28. The fraction of sp³-hybridized carbons (Fsp3) is 0.667. The largest absolute Gasteiger partial charge is 0.493 e. The molecule has 2 fully saturated rings. The van der Waals surface area contributed by atoms with Crippen LogP contribution in [0.5, 0.6) is 5.75 Å². The highest BCUT2D eigenvalue weighted by atomic mass is 16.5. The van der Waals surface area contributed by atoms with Crippen LogP contribution in [-0.4, -0.2) is 51.8 Å². The number of nitrogens with zero attached hydrogens (tertiary/aromatic N) is 1. The Morgan fingerprint density at radius 2 is 1.94 bits per heavy atom. The van der Waals surface area contributed by atoms with E-state index in [1.54, 1.807) is 7.05 Å². The lowest BCUT2D eigenvalue weighted by Crippen LogP contribution is -2.42. The second kappa shape index (κ2) is 12.5. The summed E-state index contributed by atoms with van der Waals surface area (Å²) in [6.45, 7) is 6.22. The van der Waals surface area contributed by atoms with Gasteiger partial charge in [0.05, 0.1) is 13.2 Å². The van der Waals surface area contributed by atoms with E-state index in [1.807, 2.05) is 0 Å². The Hall–Kier alpha value is -2.28. The van der Waals surface area contributed by atoms with Gasteiger partial charge in [-0.3, -0.25) is 9.79 Å². The lowest BCUT2D eigenvalue weighted by molar-refractivity contribution is -0.125. The standard InChI is InChI=1S/C24H38N4O3/c1-18-8-9-21(22(14-18)31-17-19-10-13-30-16-19)15-28-24(25-2)27-12-11-26-23(29)20-6-4-3-5-7-20/h8-9,14,19-20H,3-7,10-13,15-17H2,1-2H3,(H,26,29)(H2,25,27,28). The van der Waals surface area contributed by atoms with Gasteiger partial charge in [0.1, 0.15) is 5.75 Å². The van der Waals surface area contributed by atoms with Crippen LogP contribution < -0.4 is 20.7 Å². The molecular formula is C24H38N4O3. The minimum absolute atomic E-state index is 0.193. The minimum atomic E-state index is 0.193. The lowest BCUT2D eigenvalue weighted by atomic mass is 9.89. The third-order valence-corrected chi connectivity index (χ3v) is 6.08. The molecule has 1 saturated heterocycles. The SMILES string of the molecule is CN=C(NCCNC(=O)C1CCCCC1)NCc1ccc(C)cc1OCC1CCOC1. The van der Waals surface area contributed by atoms with E-state index in [-0.39, 0.29) is 11.8 Å². The van der Waals surface area contributed by atoms with Gasteiger partial charge in [-0.2, -0.15) is 0 Å². The van der Waals surface area contributed by atoms with Crippen molar-refractivity contribution in [2.24, 2.45) is 16.8 Å². The number of carbonyl (C=O) groups excluding carboxylic acids is 1. The molecule has 1 atom stereocenters. The number of carbonyl (C=O) groups is 1. The third kappa shape index (κ3) is 7.73. The first-order chi connectivity index (χ1) is 15.2. The van der Waals surface area contributed by atoms with Gasteiger partial charge in [-0.25, -0.2) is 0 Å². The number of benzene rings is 1. The number of amides is 1. The van der Waals surface area contributed by atoms with Crippen LogP contribution >= 0.6 is 0 Å². The fourth-order valence-corrected chi connectivity index (χ4v) is 4.14. The monoisotopic (exact) mass is 430 g/mol. The number of rotatable bonds is 9. The maximum atomic E-state index is 12.2. The molecule has 0 spiro atoms. The molecule has 1 aromatic rings. The summed E-state index contributed by atoms with van der Waals surface area (Å²) in [5.41, 5.74) is 2.27. The van der Waals surface area contributed by atoms with Gasteiger partial charge in [0.25, 0.3) is 0 Å². The van der Waals surface area contributed by atoms with E-state index in [9.17, 15) is 4.79 Å². The average Bonchev–Trinajstić information content (AvgIpc) is 3.32. The highest BCUT2D eigenvalue weighted by Crippen LogP contribution is 2.24. The van der Waals surface area contributed by atoms with Gasteiger partial charge in [-0.05, 0) is 37.8 Å². The first kappa shape index (κ1) is 23.4. The van der Waals surface area contributed by atoms with Crippen molar-refractivity contribution in [1.82, 2.24) is 16.0 Å². The summed E-state index contributed by atoms with van der Waals surface area (Å²) in [7, 11) is 1.75. The first-order valence-corrected chi connectivity index (χ1v) is 11.7. The molecule has 0 aromatic heterocycles. The highest BCUT2D eigenvalue weighted by Gasteiger charge is 2.20. The number of guanidine groups is 1. The second-order valence-electron chi connectivity index (χ2n) is 8.63. The maximum Gasteiger partial charge on any atom is 0.223 e. The molecule has 7 nitrogen and oxygen atoms in total. The van der Waals surface area contributed by atoms with Crippen LogP contribution in [0, 0.1) is 18.8 Å². The van der Waals surface area contributed by atoms with E-state index in [4.69, 9.17) is 9.47 Å². The van der Waals surface area contributed by atoms with Crippen LogP contribution in [0.1, 0.15) is 49.7 Å². The van der Waals surface area contributed by atoms with Crippen molar-refractivity contribution in [3.8, 4) is 5.75 Å². The summed E-state index contributed by atoms with van der Waals surface area (Å²) < 4.78 is 11.6. The van der Waals surface area contributed by atoms with Crippen molar-refractivity contribution >= 4 is 11.9 Å². The van der Waals surface area contributed by atoms with Gasteiger partial charge in [0.15, 0.2) is 5.96 Å². The van der Waals surface area contributed by atoms with E-state index in [0.29, 0.717) is 38.1 Å².